The van der Waals surface area contributed by atoms with E-state index in [0.29, 0.717) is 41.6 Å². The maximum atomic E-state index is 12.5. The van der Waals surface area contributed by atoms with E-state index in [9.17, 15) is 4.79 Å². The molecule has 0 bridgehead atoms. The molecule has 0 unspecified atom stereocenters. The fourth-order valence-electron chi connectivity index (χ4n) is 3.79. The molecule has 0 atom stereocenters. The van der Waals surface area contributed by atoms with Crippen LogP contribution in [0.1, 0.15) is 33.3 Å². The Labute approximate surface area is 191 Å². The molecule has 0 spiro atoms. The summed E-state index contributed by atoms with van der Waals surface area (Å²) in [6, 6.07) is 29.0. The van der Waals surface area contributed by atoms with Crippen LogP contribution in [0.2, 0.25) is 0 Å². The smallest absolute Gasteiger partial charge is 0.255 e. The first-order chi connectivity index (χ1) is 16.2. The van der Waals surface area contributed by atoms with Gasteiger partial charge in [-0.3, -0.25) is 4.79 Å². The molecule has 0 fully saturated rings. The van der Waals surface area contributed by atoms with Crippen molar-refractivity contribution < 1.29 is 9.21 Å². The monoisotopic (exact) mass is 434 g/mol. The van der Waals surface area contributed by atoms with Crippen LogP contribution in [0.5, 0.6) is 0 Å². The molecule has 1 heterocycles. The molecule has 162 valence electrons. The van der Waals surface area contributed by atoms with Gasteiger partial charge in [-0.1, -0.05) is 66.7 Å². The SMILES string of the molecule is Nc1ccccc1NC(=O)c1ccc(Cc2nnc(Cc3cccc4ccccc34)o2)cc1. The second-order valence-electron chi connectivity index (χ2n) is 7.82. The summed E-state index contributed by atoms with van der Waals surface area (Å²) in [6.07, 6.45) is 1.08. The number of amides is 1. The van der Waals surface area contributed by atoms with Gasteiger partial charge in [-0.15, -0.1) is 10.2 Å². The zero-order valence-corrected chi connectivity index (χ0v) is 17.9. The second kappa shape index (κ2) is 8.96. The first-order valence-corrected chi connectivity index (χ1v) is 10.7. The number of hydrogen-bond donors (Lipinski definition) is 2. The van der Waals surface area contributed by atoms with E-state index in [-0.39, 0.29) is 5.91 Å². The van der Waals surface area contributed by atoms with Crippen LogP contribution in [0, 0.1) is 0 Å². The summed E-state index contributed by atoms with van der Waals surface area (Å²) in [5.74, 6) is 0.909. The van der Waals surface area contributed by atoms with Crippen molar-refractivity contribution in [2.75, 3.05) is 11.1 Å². The Balaban J connectivity index is 1.25. The van der Waals surface area contributed by atoms with E-state index >= 15 is 0 Å². The van der Waals surface area contributed by atoms with E-state index in [0.717, 1.165) is 11.1 Å². The lowest BCUT2D eigenvalue weighted by molar-refractivity contribution is 0.102. The Morgan fingerprint density at radius 1 is 0.788 bits per heavy atom. The van der Waals surface area contributed by atoms with Crippen LogP contribution in [0.15, 0.2) is 95.4 Å². The molecule has 3 N–H and O–H groups in total. The summed E-state index contributed by atoms with van der Waals surface area (Å²) >= 11 is 0. The maximum Gasteiger partial charge on any atom is 0.255 e. The summed E-state index contributed by atoms with van der Waals surface area (Å²) in [6.45, 7) is 0. The van der Waals surface area contributed by atoms with Gasteiger partial charge in [0.15, 0.2) is 0 Å². The molecule has 0 radical (unpaired) electrons. The molecule has 1 aromatic heterocycles. The molecule has 0 saturated carbocycles. The highest BCUT2D eigenvalue weighted by Gasteiger charge is 2.11. The van der Waals surface area contributed by atoms with Gasteiger partial charge < -0.3 is 15.5 Å². The maximum absolute atomic E-state index is 12.5. The number of nitrogen functional groups attached to an aromatic ring is 1. The van der Waals surface area contributed by atoms with Gasteiger partial charge >= 0.3 is 0 Å². The lowest BCUT2D eigenvalue weighted by atomic mass is 10.0. The lowest BCUT2D eigenvalue weighted by Gasteiger charge is -2.08. The Morgan fingerprint density at radius 3 is 2.30 bits per heavy atom. The third-order valence-electron chi connectivity index (χ3n) is 5.51. The number of nitrogens with two attached hydrogens (primary N) is 1. The van der Waals surface area contributed by atoms with E-state index in [1.807, 2.05) is 42.5 Å². The first kappa shape index (κ1) is 20.5. The predicted octanol–water partition coefficient (Wildman–Crippen LogP) is 5.24. The van der Waals surface area contributed by atoms with Gasteiger partial charge in [-0.2, -0.15) is 0 Å². The Hall–Kier alpha value is -4.45. The van der Waals surface area contributed by atoms with Crippen molar-refractivity contribution in [3.8, 4) is 0 Å². The highest BCUT2D eigenvalue weighted by atomic mass is 16.4. The van der Waals surface area contributed by atoms with Gasteiger partial charge in [-0.05, 0) is 46.2 Å². The Bertz CT molecular complexity index is 1420. The minimum absolute atomic E-state index is 0.213. The number of nitrogens with one attached hydrogen (secondary N) is 1. The molecule has 5 rings (SSSR count). The number of rotatable bonds is 6. The molecule has 0 aliphatic carbocycles. The molecule has 1 amide bonds. The van der Waals surface area contributed by atoms with Crippen molar-refractivity contribution in [3.05, 3.63) is 119 Å². The summed E-state index contributed by atoms with van der Waals surface area (Å²) < 4.78 is 5.89. The number of para-hydroxylation sites is 2. The molecule has 5 aromatic rings. The number of carbonyl (C=O) groups excluding carboxylic acids is 1. The number of hydrogen-bond acceptors (Lipinski definition) is 5. The second-order valence-corrected chi connectivity index (χ2v) is 7.82. The molecule has 33 heavy (non-hydrogen) atoms. The highest BCUT2D eigenvalue weighted by molar-refractivity contribution is 6.05. The number of aromatic nitrogens is 2. The van der Waals surface area contributed by atoms with Crippen LogP contribution < -0.4 is 11.1 Å². The summed E-state index contributed by atoms with van der Waals surface area (Å²) in [4.78, 5) is 12.5. The number of carbonyl (C=O) groups is 1. The number of benzene rings is 4. The van der Waals surface area contributed by atoms with E-state index in [4.69, 9.17) is 10.2 Å². The highest BCUT2D eigenvalue weighted by Crippen LogP contribution is 2.22. The molecule has 4 aromatic carbocycles. The fourth-order valence-corrected chi connectivity index (χ4v) is 3.79. The summed E-state index contributed by atoms with van der Waals surface area (Å²) in [5.41, 5.74) is 9.69. The van der Waals surface area contributed by atoms with E-state index in [1.165, 1.54) is 10.8 Å². The van der Waals surface area contributed by atoms with Gasteiger partial charge in [0, 0.05) is 5.56 Å². The van der Waals surface area contributed by atoms with Crippen molar-refractivity contribution >= 4 is 28.1 Å². The zero-order chi connectivity index (χ0) is 22.6. The predicted molar refractivity (Wildman–Crippen MR) is 129 cm³/mol. The Morgan fingerprint density at radius 2 is 1.48 bits per heavy atom. The molecule has 6 nitrogen and oxygen atoms in total. The zero-order valence-electron chi connectivity index (χ0n) is 17.9. The molecular formula is C27H22N4O2. The van der Waals surface area contributed by atoms with Crippen molar-refractivity contribution in [1.82, 2.24) is 10.2 Å². The van der Waals surface area contributed by atoms with E-state index in [2.05, 4.69) is 39.8 Å². The molecule has 6 heteroatoms. The number of nitrogens with zero attached hydrogens (tertiary/aromatic N) is 2. The number of fused-ring (bicyclic) bond motifs is 1. The standard InChI is InChI=1S/C27H22N4O2/c28-23-10-3-4-11-24(23)29-27(32)20-14-12-18(13-15-20)16-25-30-31-26(33-25)17-21-8-5-7-19-6-1-2-9-22(19)21/h1-15H,16-17,28H2,(H,29,32). The van der Waals surface area contributed by atoms with E-state index < -0.39 is 0 Å². The van der Waals surface area contributed by atoms with Crippen molar-refractivity contribution in [2.24, 2.45) is 0 Å². The topological polar surface area (TPSA) is 94.0 Å². The fraction of sp³-hybridized carbons (Fsp3) is 0.0741. The van der Waals surface area contributed by atoms with Gasteiger partial charge in [0.25, 0.3) is 5.91 Å². The van der Waals surface area contributed by atoms with Crippen LogP contribution in [0.3, 0.4) is 0 Å². The average molecular weight is 434 g/mol. The van der Waals surface area contributed by atoms with Crippen molar-refractivity contribution in [3.63, 3.8) is 0 Å². The van der Waals surface area contributed by atoms with Crippen LogP contribution in [-0.4, -0.2) is 16.1 Å². The minimum Gasteiger partial charge on any atom is -0.425 e. The average Bonchev–Trinajstić information content (AvgIpc) is 3.28. The quantitative estimate of drug-likeness (QED) is 0.357. The third-order valence-corrected chi connectivity index (χ3v) is 5.51. The van der Waals surface area contributed by atoms with Gasteiger partial charge in [0.2, 0.25) is 11.8 Å². The van der Waals surface area contributed by atoms with Crippen molar-refractivity contribution in [1.29, 1.82) is 0 Å². The number of anilines is 2. The third kappa shape index (κ3) is 4.60. The minimum atomic E-state index is -0.213. The van der Waals surface area contributed by atoms with E-state index in [1.54, 1.807) is 24.3 Å². The first-order valence-electron chi connectivity index (χ1n) is 10.7. The van der Waals surface area contributed by atoms with Gasteiger partial charge in [0.1, 0.15) is 0 Å². The molecule has 0 aliphatic heterocycles. The summed E-state index contributed by atoms with van der Waals surface area (Å²) in [5, 5.41) is 13.6. The molecule has 0 aliphatic rings. The van der Waals surface area contributed by atoms with Crippen LogP contribution in [-0.2, 0) is 12.8 Å². The van der Waals surface area contributed by atoms with Crippen LogP contribution in [0.4, 0.5) is 11.4 Å². The van der Waals surface area contributed by atoms with Crippen molar-refractivity contribution in [2.45, 2.75) is 12.8 Å². The van der Waals surface area contributed by atoms with Gasteiger partial charge in [-0.25, -0.2) is 0 Å². The lowest BCUT2D eigenvalue weighted by Crippen LogP contribution is -2.13. The normalized spacial score (nSPS) is 10.9. The summed E-state index contributed by atoms with van der Waals surface area (Å²) in [7, 11) is 0. The van der Waals surface area contributed by atoms with Crippen LogP contribution in [0.25, 0.3) is 10.8 Å². The largest absolute Gasteiger partial charge is 0.425 e. The molecular weight excluding hydrogens is 412 g/mol. The van der Waals surface area contributed by atoms with Crippen LogP contribution >= 0.6 is 0 Å². The van der Waals surface area contributed by atoms with Gasteiger partial charge in [0.05, 0.1) is 24.2 Å². The Kier molecular flexibility index (Phi) is 5.55. The molecule has 0 saturated heterocycles.